The molecule has 1 aliphatic heterocycles. The van der Waals surface area contributed by atoms with E-state index in [1.165, 1.54) is 12.8 Å². The third kappa shape index (κ3) is 4.39. The normalized spacial score (nSPS) is 20.0. The first kappa shape index (κ1) is 16.1. The molecule has 1 saturated heterocycles. The lowest BCUT2D eigenvalue weighted by atomic mass is 10.0. The number of benzene rings is 1. The van der Waals surface area contributed by atoms with Gasteiger partial charge in [-0.1, -0.05) is 30.3 Å². The van der Waals surface area contributed by atoms with Crippen LogP contribution in [0.15, 0.2) is 34.7 Å². The van der Waals surface area contributed by atoms with Gasteiger partial charge in [0.05, 0.1) is 6.10 Å². The second-order valence-electron chi connectivity index (χ2n) is 6.31. The highest BCUT2D eigenvalue weighted by Gasteiger charge is 2.26. The molecule has 0 aliphatic carbocycles. The maximum atomic E-state index is 10.4. The van der Waals surface area contributed by atoms with E-state index in [9.17, 15) is 5.11 Å². The highest BCUT2D eigenvalue weighted by Crippen LogP contribution is 2.27. The Morgan fingerprint density at radius 2 is 2.13 bits per heavy atom. The van der Waals surface area contributed by atoms with E-state index in [0.717, 1.165) is 43.8 Å². The van der Waals surface area contributed by atoms with Gasteiger partial charge in [-0.2, -0.15) is 0 Å². The molecule has 3 rings (SSSR count). The number of rotatable bonds is 7. The molecular weight excluding hydrogens is 290 g/mol. The van der Waals surface area contributed by atoms with Crippen LogP contribution in [0.1, 0.15) is 49.1 Å². The van der Waals surface area contributed by atoms with Gasteiger partial charge >= 0.3 is 0 Å². The molecule has 0 saturated carbocycles. The van der Waals surface area contributed by atoms with Gasteiger partial charge in [0.1, 0.15) is 0 Å². The summed E-state index contributed by atoms with van der Waals surface area (Å²) in [5, 5.41) is 18.3. The van der Waals surface area contributed by atoms with E-state index < -0.39 is 0 Å². The van der Waals surface area contributed by atoms with Crippen LogP contribution in [0.25, 0.3) is 0 Å². The van der Waals surface area contributed by atoms with Crippen molar-refractivity contribution in [3.63, 3.8) is 0 Å². The molecule has 124 valence electrons. The van der Waals surface area contributed by atoms with Crippen LogP contribution < -0.4 is 0 Å². The average molecular weight is 315 g/mol. The zero-order valence-electron chi connectivity index (χ0n) is 13.7. The van der Waals surface area contributed by atoms with E-state index in [4.69, 9.17) is 4.42 Å². The van der Waals surface area contributed by atoms with Gasteiger partial charge < -0.3 is 14.4 Å². The van der Waals surface area contributed by atoms with Crippen molar-refractivity contribution in [3.8, 4) is 0 Å². The molecule has 1 aromatic carbocycles. The number of aromatic nitrogens is 2. The summed E-state index contributed by atoms with van der Waals surface area (Å²) in [7, 11) is 0. The summed E-state index contributed by atoms with van der Waals surface area (Å²) < 4.78 is 5.42. The van der Waals surface area contributed by atoms with Gasteiger partial charge in [-0.25, -0.2) is 0 Å². The Kier molecular flexibility index (Phi) is 5.41. The summed E-state index contributed by atoms with van der Waals surface area (Å²) in [6, 6.07) is 10.4. The lowest BCUT2D eigenvalue weighted by Gasteiger charge is -2.26. The van der Waals surface area contributed by atoms with Crippen molar-refractivity contribution < 1.29 is 9.52 Å². The van der Waals surface area contributed by atoms with Crippen molar-refractivity contribution in [2.45, 2.75) is 51.2 Å². The van der Waals surface area contributed by atoms with Crippen LogP contribution in [0, 0.1) is 6.92 Å². The Labute approximate surface area is 137 Å². The van der Waals surface area contributed by atoms with Crippen molar-refractivity contribution >= 4 is 0 Å². The van der Waals surface area contributed by atoms with E-state index in [1.54, 1.807) is 0 Å². The highest BCUT2D eigenvalue weighted by atomic mass is 16.4. The quantitative estimate of drug-likeness (QED) is 0.851. The predicted molar refractivity (Wildman–Crippen MR) is 88.0 cm³/mol. The first-order chi connectivity index (χ1) is 11.2. The molecule has 5 heteroatoms. The monoisotopic (exact) mass is 315 g/mol. The van der Waals surface area contributed by atoms with Gasteiger partial charge in [-0.15, -0.1) is 10.2 Å². The van der Waals surface area contributed by atoms with Gasteiger partial charge in [-0.3, -0.25) is 0 Å². The van der Waals surface area contributed by atoms with Crippen molar-refractivity contribution in [3.05, 3.63) is 47.7 Å². The summed E-state index contributed by atoms with van der Waals surface area (Å²) in [6.45, 7) is 3.96. The molecular formula is C18H25N3O2. The van der Waals surface area contributed by atoms with Gasteiger partial charge in [0.2, 0.25) is 11.8 Å². The van der Waals surface area contributed by atoms with Crippen LogP contribution >= 0.6 is 0 Å². The molecule has 2 atom stereocenters. The fraction of sp³-hybridized carbons (Fsp3) is 0.556. The van der Waals surface area contributed by atoms with E-state index in [-0.39, 0.29) is 6.10 Å². The van der Waals surface area contributed by atoms with Crippen LogP contribution in [0.3, 0.4) is 0 Å². The molecule has 2 aromatic rings. The van der Waals surface area contributed by atoms with Crippen LogP contribution in [0.2, 0.25) is 0 Å². The smallest absolute Gasteiger partial charge is 0.216 e. The van der Waals surface area contributed by atoms with Crippen LogP contribution in [-0.2, 0) is 6.42 Å². The first-order valence-corrected chi connectivity index (χ1v) is 8.48. The average Bonchev–Trinajstić information content (AvgIpc) is 3.18. The summed E-state index contributed by atoms with van der Waals surface area (Å²) in [4.78, 5) is 2.50. The van der Waals surface area contributed by atoms with Crippen molar-refractivity contribution in [1.29, 1.82) is 0 Å². The number of likely N-dealkylation sites (tertiary alicyclic amines) is 1. The number of aliphatic hydroxyl groups is 1. The van der Waals surface area contributed by atoms with Crippen molar-refractivity contribution in [1.82, 2.24) is 15.1 Å². The molecule has 1 N–H and O–H groups in total. The van der Waals surface area contributed by atoms with E-state index >= 15 is 0 Å². The van der Waals surface area contributed by atoms with Crippen LogP contribution in [-0.4, -0.2) is 39.3 Å². The lowest BCUT2D eigenvalue weighted by Crippen LogP contribution is -2.32. The number of aliphatic hydroxyl groups excluding tert-OH is 1. The Hall–Kier alpha value is -1.72. The largest absolute Gasteiger partial charge is 0.426 e. The zero-order chi connectivity index (χ0) is 16.1. The minimum absolute atomic E-state index is 0.375. The standard InChI is InChI=1S/C18H25N3O2/c1-14-19-20-18(23-14)10-6-12-21-11-5-9-16(21)13-17(22)15-7-3-2-4-8-15/h2-4,7-8,16-17,22H,5-6,9-13H2,1H3. The molecule has 2 unspecified atom stereocenters. The summed E-state index contributed by atoms with van der Waals surface area (Å²) in [5.74, 6) is 1.35. The van der Waals surface area contributed by atoms with Crippen molar-refractivity contribution in [2.24, 2.45) is 0 Å². The van der Waals surface area contributed by atoms with E-state index in [0.29, 0.717) is 11.9 Å². The molecule has 2 heterocycles. The molecule has 0 amide bonds. The number of hydrogen-bond acceptors (Lipinski definition) is 5. The SMILES string of the molecule is Cc1nnc(CCCN2CCCC2CC(O)c2ccccc2)o1. The predicted octanol–water partition coefficient (Wildman–Crippen LogP) is 2.90. The van der Waals surface area contributed by atoms with Gasteiger partial charge in [0, 0.05) is 19.4 Å². The second kappa shape index (κ2) is 7.70. The molecule has 0 radical (unpaired) electrons. The lowest BCUT2D eigenvalue weighted by molar-refractivity contribution is 0.120. The fourth-order valence-corrected chi connectivity index (χ4v) is 3.40. The maximum absolute atomic E-state index is 10.4. The fourth-order valence-electron chi connectivity index (χ4n) is 3.40. The molecule has 1 aliphatic rings. The van der Waals surface area contributed by atoms with Crippen LogP contribution in [0.5, 0.6) is 0 Å². The van der Waals surface area contributed by atoms with E-state index in [1.807, 2.05) is 37.3 Å². The molecule has 0 spiro atoms. The van der Waals surface area contributed by atoms with Gasteiger partial charge in [-0.05, 0) is 44.3 Å². The maximum Gasteiger partial charge on any atom is 0.216 e. The Morgan fingerprint density at radius 1 is 1.30 bits per heavy atom. The highest BCUT2D eigenvalue weighted by molar-refractivity contribution is 5.17. The minimum Gasteiger partial charge on any atom is -0.426 e. The minimum atomic E-state index is -0.375. The molecule has 23 heavy (non-hydrogen) atoms. The number of aryl methyl sites for hydroxylation is 2. The Morgan fingerprint density at radius 3 is 2.87 bits per heavy atom. The van der Waals surface area contributed by atoms with Crippen molar-refractivity contribution in [2.75, 3.05) is 13.1 Å². The molecule has 0 bridgehead atoms. The van der Waals surface area contributed by atoms with Crippen LogP contribution in [0.4, 0.5) is 0 Å². The molecule has 1 aromatic heterocycles. The Balaban J connectivity index is 1.47. The molecule has 5 nitrogen and oxygen atoms in total. The second-order valence-corrected chi connectivity index (χ2v) is 6.31. The third-order valence-electron chi connectivity index (χ3n) is 4.58. The Bertz CT molecular complexity index is 599. The number of hydrogen-bond donors (Lipinski definition) is 1. The van der Waals surface area contributed by atoms with Gasteiger partial charge in [0.25, 0.3) is 0 Å². The zero-order valence-corrected chi connectivity index (χ0v) is 13.7. The summed E-state index contributed by atoms with van der Waals surface area (Å²) in [6.07, 6.45) is 4.66. The summed E-state index contributed by atoms with van der Waals surface area (Å²) >= 11 is 0. The molecule has 1 fully saturated rings. The topological polar surface area (TPSA) is 62.4 Å². The summed E-state index contributed by atoms with van der Waals surface area (Å²) in [5.41, 5.74) is 1.01. The first-order valence-electron chi connectivity index (χ1n) is 8.48. The van der Waals surface area contributed by atoms with Gasteiger partial charge in [0.15, 0.2) is 0 Å². The third-order valence-corrected chi connectivity index (χ3v) is 4.58. The van der Waals surface area contributed by atoms with E-state index in [2.05, 4.69) is 15.1 Å². The number of nitrogens with zero attached hydrogens (tertiary/aromatic N) is 3.